The SMILES string of the molecule is C[C@H](NC(C)(C)C)C(=O)NCCC(C)(C)C. The first-order valence-corrected chi connectivity index (χ1v) is 6.07. The van der Waals surface area contributed by atoms with E-state index in [4.69, 9.17) is 0 Å². The maximum Gasteiger partial charge on any atom is 0.236 e. The van der Waals surface area contributed by atoms with Crippen LogP contribution in [0.2, 0.25) is 0 Å². The van der Waals surface area contributed by atoms with Gasteiger partial charge in [-0.25, -0.2) is 0 Å². The molecular weight excluding hydrogens is 200 g/mol. The number of amides is 1. The van der Waals surface area contributed by atoms with Gasteiger partial charge in [0.05, 0.1) is 6.04 Å². The molecule has 0 aromatic heterocycles. The van der Waals surface area contributed by atoms with E-state index in [0.717, 1.165) is 13.0 Å². The molecule has 0 aromatic carbocycles. The molecule has 0 bridgehead atoms. The zero-order valence-corrected chi connectivity index (χ0v) is 11.9. The monoisotopic (exact) mass is 228 g/mol. The second-order valence-corrected chi connectivity index (χ2v) is 6.72. The molecule has 0 heterocycles. The smallest absolute Gasteiger partial charge is 0.236 e. The molecule has 3 nitrogen and oxygen atoms in total. The molecule has 0 saturated heterocycles. The van der Waals surface area contributed by atoms with Crippen LogP contribution >= 0.6 is 0 Å². The highest BCUT2D eigenvalue weighted by Gasteiger charge is 2.19. The molecule has 1 amide bonds. The largest absolute Gasteiger partial charge is 0.355 e. The Morgan fingerprint density at radius 3 is 2.00 bits per heavy atom. The van der Waals surface area contributed by atoms with Crippen molar-refractivity contribution in [2.45, 2.75) is 66.5 Å². The van der Waals surface area contributed by atoms with Crippen LogP contribution in [0.1, 0.15) is 54.9 Å². The van der Waals surface area contributed by atoms with E-state index >= 15 is 0 Å². The van der Waals surface area contributed by atoms with Gasteiger partial charge in [0.2, 0.25) is 5.91 Å². The minimum Gasteiger partial charge on any atom is -0.355 e. The Morgan fingerprint density at radius 1 is 1.12 bits per heavy atom. The normalized spacial score (nSPS) is 14.7. The van der Waals surface area contributed by atoms with Gasteiger partial charge < -0.3 is 10.6 Å². The van der Waals surface area contributed by atoms with E-state index in [-0.39, 0.29) is 22.9 Å². The molecule has 0 rings (SSSR count). The quantitative estimate of drug-likeness (QED) is 0.775. The first-order valence-electron chi connectivity index (χ1n) is 6.07. The van der Waals surface area contributed by atoms with Gasteiger partial charge in [-0.15, -0.1) is 0 Å². The van der Waals surface area contributed by atoms with E-state index in [1.165, 1.54) is 0 Å². The van der Waals surface area contributed by atoms with Gasteiger partial charge in [0.1, 0.15) is 0 Å². The maximum atomic E-state index is 11.7. The number of hydrogen-bond acceptors (Lipinski definition) is 2. The molecule has 0 spiro atoms. The van der Waals surface area contributed by atoms with Crippen LogP contribution in [-0.4, -0.2) is 24.0 Å². The highest BCUT2D eigenvalue weighted by molar-refractivity contribution is 5.81. The van der Waals surface area contributed by atoms with E-state index in [1.807, 2.05) is 6.92 Å². The first-order chi connectivity index (χ1) is 7.01. The van der Waals surface area contributed by atoms with Gasteiger partial charge in [0.25, 0.3) is 0 Å². The Hall–Kier alpha value is -0.570. The number of nitrogens with one attached hydrogen (secondary N) is 2. The highest BCUT2D eigenvalue weighted by Crippen LogP contribution is 2.16. The van der Waals surface area contributed by atoms with Crippen molar-refractivity contribution in [2.24, 2.45) is 5.41 Å². The van der Waals surface area contributed by atoms with Gasteiger partial charge in [0, 0.05) is 12.1 Å². The summed E-state index contributed by atoms with van der Waals surface area (Å²) in [7, 11) is 0. The van der Waals surface area contributed by atoms with E-state index in [1.54, 1.807) is 0 Å². The molecule has 0 unspecified atom stereocenters. The maximum absolute atomic E-state index is 11.7. The van der Waals surface area contributed by atoms with Crippen LogP contribution in [0.15, 0.2) is 0 Å². The molecule has 96 valence electrons. The third kappa shape index (κ3) is 8.72. The van der Waals surface area contributed by atoms with Crippen molar-refractivity contribution < 1.29 is 4.79 Å². The number of carbonyl (C=O) groups excluding carboxylic acids is 1. The Balaban J connectivity index is 3.90. The Labute approximate surface area is 100 Å². The van der Waals surface area contributed by atoms with Crippen molar-refractivity contribution in [3.63, 3.8) is 0 Å². The molecule has 0 saturated carbocycles. The van der Waals surface area contributed by atoms with E-state index in [2.05, 4.69) is 52.2 Å². The van der Waals surface area contributed by atoms with Crippen LogP contribution in [0, 0.1) is 5.41 Å². The number of hydrogen-bond donors (Lipinski definition) is 2. The molecule has 1 atom stereocenters. The summed E-state index contributed by atoms with van der Waals surface area (Å²) in [6, 6.07) is -0.139. The van der Waals surface area contributed by atoms with Crippen LogP contribution in [-0.2, 0) is 4.79 Å². The van der Waals surface area contributed by atoms with Gasteiger partial charge in [0.15, 0.2) is 0 Å². The molecule has 0 radical (unpaired) electrons. The van der Waals surface area contributed by atoms with Crippen molar-refractivity contribution >= 4 is 5.91 Å². The molecule has 0 aliphatic heterocycles. The van der Waals surface area contributed by atoms with Gasteiger partial charge in [-0.2, -0.15) is 0 Å². The summed E-state index contributed by atoms with van der Waals surface area (Å²) in [5, 5.41) is 6.21. The molecule has 2 N–H and O–H groups in total. The molecule has 16 heavy (non-hydrogen) atoms. The Morgan fingerprint density at radius 2 is 1.62 bits per heavy atom. The third-order valence-corrected chi connectivity index (χ3v) is 2.22. The Bertz CT molecular complexity index is 223. The fraction of sp³-hybridized carbons (Fsp3) is 0.923. The third-order valence-electron chi connectivity index (χ3n) is 2.22. The molecule has 3 heteroatoms. The molecule has 0 aliphatic rings. The summed E-state index contributed by atoms with van der Waals surface area (Å²) in [5.74, 6) is 0.0826. The molecule has 0 aliphatic carbocycles. The summed E-state index contributed by atoms with van der Waals surface area (Å²) in [6.45, 7) is 15.4. The van der Waals surface area contributed by atoms with Gasteiger partial charge in [-0.05, 0) is 39.5 Å². The molecular formula is C13H28N2O. The second-order valence-electron chi connectivity index (χ2n) is 6.72. The lowest BCUT2D eigenvalue weighted by molar-refractivity contribution is -0.123. The predicted octanol–water partition coefficient (Wildman–Crippen LogP) is 2.32. The van der Waals surface area contributed by atoms with Crippen molar-refractivity contribution in [2.75, 3.05) is 6.54 Å². The van der Waals surface area contributed by atoms with Crippen molar-refractivity contribution in [1.82, 2.24) is 10.6 Å². The fourth-order valence-corrected chi connectivity index (χ4v) is 1.43. The predicted molar refractivity (Wildman–Crippen MR) is 69.4 cm³/mol. The van der Waals surface area contributed by atoms with Crippen molar-refractivity contribution in [1.29, 1.82) is 0 Å². The van der Waals surface area contributed by atoms with E-state index < -0.39 is 0 Å². The van der Waals surface area contributed by atoms with Crippen LogP contribution < -0.4 is 10.6 Å². The minimum absolute atomic E-state index is 0.0270. The van der Waals surface area contributed by atoms with Gasteiger partial charge in [-0.3, -0.25) is 4.79 Å². The zero-order valence-electron chi connectivity index (χ0n) is 11.9. The van der Waals surface area contributed by atoms with Crippen LogP contribution in [0.5, 0.6) is 0 Å². The number of rotatable bonds is 4. The Kier molecular flexibility index (Phi) is 5.47. The van der Waals surface area contributed by atoms with Gasteiger partial charge in [-0.1, -0.05) is 20.8 Å². The zero-order chi connectivity index (χ0) is 13.0. The summed E-state index contributed by atoms with van der Waals surface area (Å²) in [4.78, 5) is 11.7. The fourth-order valence-electron chi connectivity index (χ4n) is 1.43. The van der Waals surface area contributed by atoms with Crippen molar-refractivity contribution in [3.8, 4) is 0 Å². The van der Waals surface area contributed by atoms with E-state index in [9.17, 15) is 4.79 Å². The van der Waals surface area contributed by atoms with Crippen LogP contribution in [0.25, 0.3) is 0 Å². The summed E-state index contributed by atoms with van der Waals surface area (Å²) in [6.07, 6.45) is 1.00. The van der Waals surface area contributed by atoms with Crippen LogP contribution in [0.4, 0.5) is 0 Å². The lowest BCUT2D eigenvalue weighted by Gasteiger charge is -2.26. The second kappa shape index (κ2) is 5.67. The van der Waals surface area contributed by atoms with Crippen LogP contribution in [0.3, 0.4) is 0 Å². The number of carbonyl (C=O) groups is 1. The van der Waals surface area contributed by atoms with Gasteiger partial charge >= 0.3 is 0 Å². The molecule has 0 aromatic rings. The average molecular weight is 228 g/mol. The average Bonchev–Trinajstić information content (AvgIpc) is 1.98. The minimum atomic E-state index is -0.139. The van der Waals surface area contributed by atoms with Crippen molar-refractivity contribution in [3.05, 3.63) is 0 Å². The topological polar surface area (TPSA) is 41.1 Å². The van der Waals surface area contributed by atoms with E-state index in [0.29, 0.717) is 0 Å². The standard InChI is InChI=1S/C13H28N2O/c1-10(15-13(5,6)7)11(16)14-9-8-12(2,3)4/h10,15H,8-9H2,1-7H3,(H,14,16)/t10-/m0/s1. The summed E-state index contributed by atoms with van der Waals surface area (Å²) < 4.78 is 0. The lowest BCUT2D eigenvalue weighted by Crippen LogP contribution is -2.50. The summed E-state index contributed by atoms with van der Waals surface area (Å²) >= 11 is 0. The lowest BCUT2D eigenvalue weighted by atomic mass is 9.92. The first kappa shape index (κ1) is 15.4. The summed E-state index contributed by atoms with van der Waals surface area (Å²) in [5.41, 5.74) is 0.245. The molecule has 0 fully saturated rings. The highest BCUT2D eigenvalue weighted by atomic mass is 16.2.